The number of nitrogens with zero attached hydrogens (tertiary/aromatic N) is 1. The number of quaternary nitrogens is 1. The van der Waals surface area contributed by atoms with Crippen LogP contribution in [0.3, 0.4) is 0 Å². The van der Waals surface area contributed by atoms with Crippen LogP contribution in [0.2, 0.25) is 5.02 Å². The number of rotatable bonds is 5. The molecule has 1 saturated heterocycles. The van der Waals surface area contributed by atoms with E-state index < -0.39 is 10.0 Å². The minimum atomic E-state index is -3.32. The van der Waals surface area contributed by atoms with E-state index in [2.05, 4.69) is 12.1 Å². The number of halogens is 1. The third kappa shape index (κ3) is 4.36. The number of piperazine rings is 1. The van der Waals surface area contributed by atoms with Gasteiger partial charge in [0.1, 0.15) is 6.54 Å². The van der Waals surface area contributed by atoms with E-state index in [4.69, 9.17) is 11.6 Å². The molecule has 0 aliphatic carbocycles. The summed E-state index contributed by atoms with van der Waals surface area (Å²) in [5.74, 6) is -0.0271. The van der Waals surface area contributed by atoms with Crippen LogP contribution >= 0.6 is 11.6 Å². The van der Waals surface area contributed by atoms with Gasteiger partial charge in [0.05, 0.1) is 31.9 Å². The molecule has 0 unspecified atom stereocenters. The first kappa shape index (κ1) is 17.4. The molecular formula is C18H22ClN2O2S+. The normalized spacial score (nSPS) is 17.0. The van der Waals surface area contributed by atoms with Crippen molar-refractivity contribution in [2.45, 2.75) is 12.3 Å². The molecule has 1 aliphatic heterocycles. The Hall–Kier alpha value is -1.40. The molecule has 0 spiro atoms. The lowest BCUT2D eigenvalue weighted by atomic mass is 10.2. The van der Waals surface area contributed by atoms with Crippen molar-refractivity contribution in [3.63, 3.8) is 0 Å². The van der Waals surface area contributed by atoms with Crippen molar-refractivity contribution in [1.82, 2.24) is 4.31 Å². The van der Waals surface area contributed by atoms with Crippen LogP contribution in [0.4, 0.5) is 0 Å². The first-order chi connectivity index (χ1) is 11.5. The second kappa shape index (κ2) is 7.66. The summed E-state index contributed by atoms with van der Waals surface area (Å²) in [5.41, 5.74) is 1.96. The van der Waals surface area contributed by atoms with Gasteiger partial charge in [0, 0.05) is 10.6 Å². The fourth-order valence-corrected chi connectivity index (χ4v) is 4.89. The highest BCUT2D eigenvalue weighted by Crippen LogP contribution is 2.19. The number of benzene rings is 2. The van der Waals surface area contributed by atoms with Crippen molar-refractivity contribution in [2.75, 3.05) is 26.2 Å². The van der Waals surface area contributed by atoms with Gasteiger partial charge in [-0.25, -0.2) is 8.42 Å². The average Bonchev–Trinajstić information content (AvgIpc) is 2.58. The van der Waals surface area contributed by atoms with Gasteiger partial charge in [-0.05, 0) is 11.6 Å². The fourth-order valence-electron chi connectivity index (χ4n) is 3.05. The van der Waals surface area contributed by atoms with Crippen LogP contribution in [-0.4, -0.2) is 38.9 Å². The summed E-state index contributed by atoms with van der Waals surface area (Å²) in [6, 6.07) is 17.5. The highest BCUT2D eigenvalue weighted by atomic mass is 35.5. The number of sulfonamides is 1. The molecule has 1 heterocycles. The van der Waals surface area contributed by atoms with Crippen molar-refractivity contribution < 1.29 is 13.3 Å². The Morgan fingerprint density at radius 3 is 2.25 bits per heavy atom. The van der Waals surface area contributed by atoms with Crippen molar-refractivity contribution >= 4 is 21.6 Å². The Balaban J connectivity index is 1.58. The van der Waals surface area contributed by atoms with Crippen molar-refractivity contribution in [1.29, 1.82) is 0 Å². The van der Waals surface area contributed by atoms with Gasteiger partial charge in [-0.15, -0.1) is 0 Å². The maximum absolute atomic E-state index is 12.6. The summed E-state index contributed by atoms with van der Waals surface area (Å²) in [4.78, 5) is 1.42. The van der Waals surface area contributed by atoms with E-state index in [0.29, 0.717) is 23.7 Å². The molecule has 3 rings (SSSR count). The van der Waals surface area contributed by atoms with Crippen molar-refractivity contribution in [2.24, 2.45) is 0 Å². The highest BCUT2D eigenvalue weighted by Gasteiger charge is 2.29. The van der Waals surface area contributed by atoms with Crippen LogP contribution in [0.1, 0.15) is 11.1 Å². The molecule has 0 radical (unpaired) electrons. The van der Waals surface area contributed by atoms with Gasteiger partial charge in [0.2, 0.25) is 10.0 Å². The molecule has 0 amide bonds. The Morgan fingerprint density at radius 2 is 1.58 bits per heavy atom. The summed E-state index contributed by atoms with van der Waals surface area (Å²) in [5, 5.41) is 0.509. The SMILES string of the molecule is O=S(=O)(Cc1ccccc1Cl)N1CC[NH+](Cc2ccccc2)CC1. The summed E-state index contributed by atoms with van der Waals surface area (Å²) in [6.07, 6.45) is 0. The van der Waals surface area contributed by atoms with E-state index in [1.165, 1.54) is 10.5 Å². The molecule has 24 heavy (non-hydrogen) atoms. The standard InChI is InChI=1S/C18H21ClN2O2S/c19-18-9-5-4-8-17(18)15-24(22,23)21-12-10-20(11-13-21)14-16-6-2-1-3-7-16/h1-9H,10-15H2/p+1. The van der Waals surface area contributed by atoms with Crippen molar-refractivity contribution in [3.8, 4) is 0 Å². The number of hydrogen-bond donors (Lipinski definition) is 1. The lowest BCUT2D eigenvalue weighted by molar-refractivity contribution is -0.917. The quantitative estimate of drug-likeness (QED) is 0.874. The first-order valence-electron chi connectivity index (χ1n) is 8.13. The lowest BCUT2D eigenvalue weighted by Crippen LogP contribution is -3.13. The molecule has 2 aromatic rings. The minimum Gasteiger partial charge on any atom is -0.329 e. The smallest absolute Gasteiger partial charge is 0.218 e. The molecule has 2 aromatic carbocycles. The van der Waals surface area contributed by atoms with E-state index in [9.17, 15) is 8.42 Å². The summed E-state index contributed by atoms with van der Waals surface area (Å²) in [7, 11) is -3.32. The molecular weight excluding hydrogens is 344 g/mol. The second-order valence-corrected chi connectivity index (χ2v) is 8.54. The Kier molecular flexibility index (Phi) is 5.56. The zero-order chi connectivity index (χ0) is 17.0. The molecule has 128 valence electrons. The van der Waals surface area contributed by atoms with Crippen LogP contribution in [0, 0.1) is 0 Å². The van der Waals surface area contributed by atoms with E-state index in [-0.39, 0.29) is 5.75 Å². The van der Waals surface area contributed by atoms with Crippen LogP contribution in [0.15, 0.2) is 54.6 Å². The van der Waals surface area contributed by atoms with Gasteiger partial charge in [-0.3, -0.25) is 0 Å². The third-order valence-electron chi connectivity index (χ3n) is 4.42. The van der Waals surface area contributed by atoms with E-state index in [0.717, 1.165) is 19.6 Å². The van der Waals surface area contributed by atoms with E-state index in [1.54, 1.807) is 16.4 Å². The second-order valence-electron chi connectivity index (χ2n) is 6.16. The average molecular weight is 366 g/mol. The molecule has 6 heteroatoms. The van der Waals surface area contributed by atoms with Gasteiger partial charge in [0.25, 0.3) is 0 Å². The molecule has 0 aromatic heterocycles. The molecule has 1 fully saturated rings. The highest BCUT2D eigenvalue weighted by molar-refractivity contribution is 7.88. The lowest BCUT2D eigenvalue weighted by Gasteiger charge is -2.31. The zero-order valence-corrected chi connectivity index (χ0v) is 15.1. The largest absolute Gasteiger partial charge is 0.329 e. The van der Waals surface area contributed by atoms with Gasteiger partial charge in [0.15, 0.2) is 0 Å². The van der Waals surface area contributed by atoms with Crippen LogP contribution in [0.25, 0.3) is 0 Å². The third-order valence-corrected chi connectivity index (χ3v) is 6.61. The van der Waals surface area contributed by atoms with E-state index >= 15 is 0 Å². The Labute approximate surface area is 148 Å². The van der Waals surface area contributed by atoms with Gasteiger partial charge < -0.3 is 4.90 Å². The van der Waals surface area contributed by atoms with Gasteiger partial charge >= 0.3 is 0 Å². The molecule has 0 bridgehead atoms. The number of nitrogens with one attached hydrogen (secondary N) is 1. The molecule has 0 atom stereocenters. The van der Waals surface area contributed by atoms with Crippen LogP contribution in [-0.2, 0) is 22.3 Å². The monoisotopic (exact) mass is 365 g/mol. The topological polar surface area (TPSA) is 41.8 Å². The summed E-state index contributed by atoms with van der Waals surface area (Å²) >= 11 is 6.10. The first-order valence-corrected chi connectivity index (χ1v) is 10.1. The number of hydrogen-bond acceptors (Lipinski definition) is 2. The molecule has 1 N–H and O–H groups in total. The van der Waals surface area contributed by atoms with Crippen molar-refractivity contribution in [3.05, 3.63) is 70.7 Å². The van der Waals surface area contributed by atoms with Gasteiger partial charge in [-0.1, -0.05) is 60.1 Å². The fraction of sp³-hybridized carbons (Fsp3) is 0.333. The summed E-state index contributed by atoms with van der Waals surface area (Å²) < 4.78 is 26.9. The van der Waals surface area contributed by atoms with Crippen LogP contribution in [0.5, 0.6) is 0 Å². The maximum atomic E-state index is 12.6. The predicted molar refractivity (Wildman–Crippen MR) is 96.5 cm³/mol. The van der Waals surface area contributed by atoms with E-state index in [1.807, 2.05) is 30.3 Å². The zero-order valence-electron chi connectivity index (χ0n) is 13.5. The minimum absolute atomic E-state index is 0.0271. The predicted octanol–water partition coefficient (Wildman–Crippen LogP) is 1.57. The maximum Gasteiger partial charge on any atom is 0.218 e. The molecule has 0 saturated carbocycles. The Bertz CT molecular complexity index is 773. The Morgan fingerprint density at radius 1 is 0.958 bits per heavy atom. The molecule has 4 nitrogen and oxygen atoms in total. The molecule has 1 aliphatic rings. The van der Waals surface area contributed by atoms with Gasteiger partial charge in [-0.2, -0.15) is 4.31 Å². The summed E-state index contributed by atoms with van der Waals surface area (Å²) in [6.45, 7) is 3.73. The van der Waals surface area contributed by atoms with Crippen LogP contribution < -0.4 is 4.90 Å².